The van der Waals surface area contributed by atoms with Crippen LogP contribution < -0.4 is 0 Å². The number of carbonyl (C=O) groups excluding carboxylic acids is 4. The van der Waals surface area contributed by atoms with Gasteiger partial charge in [0.05, 0.1) is 0 Å². The minimum absolute atomic E-state index is 0. The first-order chi connectivity index (χ1) is 6.93. The molecule has 6 heteroatoms. The van der Waals surface area contributed by atoms with Crippen LogP contribution in [0.3, 0.4) is 0 Å². The molecule has 0 bridgehead atoms. The minimum Gasteiger partial charge on any atom is -0.392 e. The normalized spacial score (nSPS) is 10.9. The van der Waals surface area contributed by atoms with Crippen LogP contribution in [0.4, 0.5) is 0 Å². The molecule has 0 aliphatic rings. The van der Waals surface area contributed by atoms with Gasteiger partial charge in [-0.3, -0.25) is 19.2 Å². The van der Waals surface area contributed by atoms with E-state index in [0.29, 0.717) is 0 Å². The molecule has 0 aromatic rings. The summed E-state index contributed by atoms with van der Waals surface area (Å²) >= 11 is 0. The Labute approximate surface area is 105 Å². The maximum absolute atomic E-state index is 11.3. The monoisotopic (exact) mass is 244 g/mol. The predicted octanol–water partition coefficient (Wildman–Crippen LogP) is -0.533. The summed E-state index contributed by atoms with van der Waals surface area (Å²) in [6, 6.07) is 0. The summed E-state index contributed by atoms with van der Waals surface area (Å²) in [6.07, 6.45) is 0.0797. The molecule has 1 atom stereocenters. The van der Waals surface area contributed by atoms with Gasteiger partial charge in [0.1, 0.15) is 0 Å². The first-order valence-corrected chi connectivity index (χ1v) is 4.71. The van der Waals surface area contributed by atoms with Gasteiger partial charge in [-0.1, -0.05) is 13.8 Å². The SMILES string of the molecule is CCC(=O)OC(=O)C(C(C)=O)C(=O)CC.[AlH3]. The molecule has 0 heterocycles. The molecule has 0 amide bonds. The highest BCUT2D eigenvalue weighted by atomic mass is 27.0. The molecule has 5 nitrogen and oxygen atoms in total. The summed E-state index contributed by atoms with van der Waals surface area (Å²) in [5.74, 6) is -4.39. The average Bonchev–Trinajstić information content (AvgIpc) is 2.16. The van der Waals surface area contributed by atoms with E-state index in [2.05, 4.69) is 4.74 Å². The molecule has 0 saturated heterocycles. The van der Waals surface area contributed by atoms with Gasteiger partial charge in [0.15, 0.2) is 34.8 Å². The smallest absolute Gasteiger partial charge is 0.331 e. The van der Waals surface area contributed by atoms with Gasteiger partial charge in [0, 0.05) is 12.8 Å². The Bertz CT molecular complexity index is 298. The zero-order chi connectivity index (χ0) is 12.0. The standard InChI is InChI=1S/C10H14O5.Al.3H/c1-4-7(12)9(6(3)11)10(14)15-8(13)5-2;;;;/h9H,4-5H2,1-3H3;;;;. The molecule has 0 aromatic heterocycles. The summed E-state index contributed by atoms with van der Waals surface area (Å²) < 4.78 is 4.33. The summed E-state index contributed by atoms with van der Waals surface area (Å²) in [5, 5.41) is 0. The maximum Gasteiger partial charge on any atom is 0.331 e. The zero-order valence-electron chi connectivity index (χ0n) is 9.03. The highest BCUT2D eigenvalue weighted by Gasteiger charge is 2.32. The number of ether oxygens (including phenoxy) is 1. The van der Waals surface area contributed by atoms with Crippen LogP contribution in [-0.2, 0) is 23.9 Å². The van der Waals surface area contributed by atoms with E-state index in [9.17, 15) is 19.2 Å². The van der Waals surface area contributed by atoms with Crippen LogP contribution in [0.5, 0.6) is 0 Å². The number of esters is 2. The topological polar surface area (TPSA) is 77.5 Å². The fraction of sp³-hybridized carbons (Fsp3) is 0.600. The molecular formula is C10H17AlO5. The van der Waals surface area contributed by atoms with Gasteiger partial charge in [0.2, 0.25) is 0 Å². The average molecular weight is 244 g/mol. The summed E-state index contributed by atoms with van der Waals surface area (Å²) in [6.45, 7) is 4.17. The van der Waals surface area contributed by atoms with Gasteiger partial charge in [-0.05, 0) is 6.92 Å². The van der Waals surface area contributed by atoms with Crippen molar-refractivity contribution in [3.05, 3.63) is 0 Å². The lowest BCUT2D eigenvalue weighted by atomic mass is 9.98. The van der Waals surface area contributed by atoms with E-state index in [0.717, 1.165) is 6.92 Å². The van der Waals surface area contributed by atoms with Crippen LogP contribution in [0.2, 0.25) is 0 Å². The van der Waals surface area contributed by atoms with E-state index in [1.807, 2.05) is 0 Å². The van der Waals surface area contributed by atoms with E-state index < -0.39 is 29.4 Å². The van der Waals surface area contributed by atoms with Crippen LogP contribution >= 0.6 is 0 Å². The number of Topliss-reactive ketones (excluding diaryl/α,β-unsaturated/α-hetero) is 2. The summed E-state index contributed by atoms with van der Waals surface area (Å²) in [4.78, 5) is 44.3. The molecule has 0 rings (SSSR count). The molecule has 0 fully saturated rings. The van der Waals surface area contributed by atoms with Gasteiger partial charge < -0.3 is 4.74 Å². The number of hydrogen-bond acceptors (Lipinski definition) is 5. The Kier molecular flexibility index (Phi) is 8.92. The molecule has 0 aromatic carbocycles. The zero-order valence-corrected chi connectivity index (χ0v) is 9.03. The first kappa shape index (κ1) is 17.4. The van der Waals surface area contributed by atoms with Gasteiger partial charge in [-0.15, -0.1) is 0 Å². The highest BCUT2D eigenvalue weighted by molar-refractivity contribution is 6.17. The van der Waals surface area contributed by atoms with Crippen molar-refractivity contribution in [3.8, 4) is 0 Å². The van der Waals surface area contributed by atoms with Crippen molar-refractivity contribution in [3.63, 3.8) is 0 Å². The van der Waals surface area contributed by atoms with Gasteiger partial charge in [-0.2, -0.15) is 0 Å². The molecule has 0 saturated carbocycles. The second kappa shape index (κ2) is 8.20. The minimum atomic E-state index is -1.45. The molecule has 0 N–H and O–H groups in total. The molecule has 1 unspecified atom stereocenters. The van der Waals surface area contributed by atoms with Crippen LogP contribution in [-0.4, -0.2) is 40.9 Å². The molecule has 0 radical (unpaired) electrons. The molecule has 0 spiro atoms. The Morgan fingerprint density at radius 2 is 1.56 bits per heavy atom. The number of hydrogen-bond donors (Lipinski definition) is 0. The van der Waals surface area contributed by atoms with Crippen molar-refractivity contribution < 1.29 is 23.9 Å². The van der Waals surface area contributed by atoms with Gasteiger partial charge in [-0.25, -0.2) is 0 Å². The van der Waals surface area contributed by atoms with Crippen molar-refractivity contribution in [2.75, 3.05) is 0 Å². The molecule has 16 heavy (non-hydrogen) atoms. The van der Waals surface area contributed by atoms with E-state index >= 15 is 0 Å². The lowest BCUT2D eigenvalue weighted by Gasteiger charge is -2.09. The summed E-state index contributed by atoms with van der Waals surface area (Å²) in [5.41, 5.74) is 0. The Balaban J connectivity index is 0. The third kappa shape index (κ3) is 5.19. The first-order valence-electron chi connectivity index (χ1n) is 4.71. The number of carbonyl (C=O) groups is 4. The van der Waals surface area contributed by atoms with Crippen molar-refractivity contribution in [2.45, 2.75) is 33.6 Å². The summed E-state index contributed by atoms with van der Waals surface area (Å²) in [7, 11) is 0. The van der Waals surface area contributed by atoms with Crippen LogP contribution in [0, 0.1) is 5.92 Å². The number of ketones is 2. The fourth-order valence-corrected chi connectivity index (χ4v) is 0.972. The molecule has 90 valence electrons. The van der Waals surface area contributed by atoms with Crippen molar-refractivity contribution >= 4 is 40.9 Å². The molecule has 0 aliphatic heterocycles. The van der Waals surface area contributed by atoms with E-state index in [4.69, 9.17) is 0 Å². The van der Waals surface area contributed by atoms with Crippen LogP contribution in [0.15, 0.2) is 0 Å². The molecular weight excluding hydrogens is 227 g/mol. The largest absolute Gasteiger partial charge is 0.392 e. The third-order valence-corrected chi connectivity index (χ3v) is 1.82. The van der Waals surface area contributed by atoms with Crippen molar-refractivity contribution in [2.24, 2.45) is 5.92 Å². The van der Waals surface area contributed by atoms with Crippen LogP contribution in [0.25, 0.3) is 0 Å². The Hall–Kier alpha value is -0.988. The maximum atomic E-state index is 11.3. The second-order valence-electron chi connectivity index (χ2n) is 3.01. The quantitative estimate of drug-likeness (QED) is 0.369. The number of rotatable bonds is 5. The highest BCUT2D eigenvalue weighted by Crippen LogP contribution is 2.07. The lowest BCUT2D eigenvalue weighted by molar-refractivity contribution is -0.164. The van der Waals surface area contributed by atoms with E-state index in [1.54, 1.807) is 0 Å². The van der Waals surface area contributed by atoms with Crippen molar-refractivity contribution in [1.29, 1.82) is 0 Å². The Morgan fingerprint density at radius 1 is 1.06 bits per heavy atom. The predicted molar refractivity (Wildman–Crippen MR) is 60.8 cm³/mol. The van der Waals surface area contributed by atoms with Crippen molar-refractivity contribution in [1.82, 2.24) is 0 Å². The van der Waals surface area contributed by atoms with Crippen LogP contribution in [0.1, 0.15) is 33.6 Å². The second-order valence-corrected chi connectivity index (χ2v) is 3.01. The van der Waals surface area contributed by atoms with Gasteiger partial charge in [0.25, 0.3) is 0 Å². The lowest BCUT2D eigenvalue weighted by Crippen LogP contribution is -2.32. The van der Waals surface area contributed by atoms with E-state index in [1.165, 1.54) is 13.8 Å². The third-order valence-electron chi connectivity index (χ3n) is 1.82. The Morgan fingerprint density at radius 3 is 1.88 bits per heavy atom. The van der Waals surface area contributed by atoms with Gasteiger partial charge >= 0.3 is 11.9 Å². The van der Waals surface area contributed by atoms with E-state index in [-0.39, 0.29) is 30.2 Å². The molecule has 0 aliphatic carbocycles. The fourth-order valence-electron chi connectivity index (χ4n) is 0.972.